The summed E-state index contributed by atoms with van der Waals surface area (Å²) in [7, 11) is 0. The van der Waals surface area contributed by atoms with E-state index in [2.05, 4.69) is 0 Å². The Morgan fingerprint density at radius 3 is 2.12 bits per heavy atom. The second-order valence-corrected chi connectivity index (χ2v) is 6.12. The van der Waals surface area contributed by atoms with E-state index in [1.165, 1.54) is 6.07 Å². The topological polar surface area (TPSA) is 57.5 Å². The van der Waals surface area contributed by atoms with Crippen molar-refractivity contribution in [2.24, 2.45) is 0 Å². The second kappa shape index (κ2) is 7.41. The zero-order chi connectivity index (χ0) is 17.8. The summed E-state index contributed by atoms with van der Waals surface area (Å²) >= 11 is 5.74. The highest BCUT2D eigenvalue weighted by Gasteiger charge is 2.15. The molecule has 3 aromatic rings. The first-order valence-corrected chi connectivity index (χ1v) is 8.44. The molecule has 0 unspecified atom stereocenters. The van der Waals surface area contributed by atoms with E-state index in [1.54, 1.807) is 48.5 Å². The Kier molecular flexibility index (Phi) is 5.05. The lowest BCUT2D eigenvalue weighted by molar-refractivity contribution is 0.103. The lowest BCUT2D eigenvalue weighted by atomic mass is 9.93. The lowest BCUT2D eigenvalue weighted by Gasteiger charge is -2.10. The Morgan fingerprint density at radius 1 is 0.840 bits per heavy atom. The first-order valence-electron chi connectivity index (χ1n) is 7.90. The third-order valence-electron chi connectivity index (χ3n) is 4.03. The summed E-state index contributed by atoms with van der Waals surface area (Å²) in [5, 5.41) is 19.3. The molecule has 0 saturated heterocycles. The van der Waals surface area contributed by atoms with Crippen LogP contribution in [0.2, 0.25) is 0 Å². The number of aryl methyl sites for hydroxylation is 1. The molecule has 2 N–H and O–H groups in total. The Bertz CT molecular complexity index is 884. The Labute approximate surface area is 151 Å². The van der Waals surface area contributed by atoms with Gasteiger partial charge in [0.15, 0.2) is 5.78 Å². The van der Waals surface area contributed by atoms with Gasteiger partial charge in [-0.25, -0.2) is 0 Å². The van der Waals surface area contributed by atoms with Crippen LogP contribution in [-0.4, -0.2) is 21.9 Å². The minimum Gasteiger partial charge on any atom is -0.508 e. The smallest absolute Gasteiger partial charge is 0.193 e. The number of carbonyl (C=O) groups excluding carboxylic acids is 1. The number of aromatic hydroxyl groups is 2. The number of hydrogen-bond acceptors (Lipinski definition) is 3. The van der Waals surface area contributed by atoms with Gasteiger partial charge in [0.1, 0.15) is 11.5 Å². The fraction of sp³-hybridized carbons (Fsp3) is 0.0952. The molecule has 0 atom stereocenters. The maximum atomic E-state index is 12.9. The van der Waals surface area contributed by atoms with Gasteiger partial charge in [0, 0.05) is 17.0 Å². The van der Waals surface area contributed by atoms with Crippen molar-refractivity contribution >= 4 is 17.4 Å². The number of phenolic OH excluding ortho intramolecular Hbond substituents is 2. The van der Waals surface area contributed by atoms with E-state index in [4.69, 9.17) is 11.6 Å². The van der Waals surface area contributed by atoms with E-state index in [-0.39, 0.29) is 17.3 Å². The number of hydrogen-bond donors (Lipinski definition) is 2. The van der Waals surface area contributed by atoms with Crippen molar-refractivity contribution < 1.29 is 15.0 Å². The second-order valence-electron chi connectivity index (χ2n) is 5.74. The van der Waals surface area contributed by atoms with Crippen LogP contribution in [0.15, 0.2) is 66.7 Å². The molecule has 0 aliphatic rings. The average Bonchev–Trinajstić information content (AvgIpc) is 2.63. The lowest BCUT2D eigenvalue weighted by Crippen LogP contribution is -2.04. The number of benzene rings is 3. The van der Waals surface area contributed by atoms with Crippen LogP contribution in [-0.2, 0) is 6.42 Å². The molecule has 3 nitrogen and oxygen atoms in total. The number of ketones is 1. The number of rotatable bonds is 5. The van der Waals surface area contributed by atoms with Crippen molar-refractivity contribution in [3.63, 3.8) is 0 Å². The summed E-state index contributed by atoms with van der Waals surface area (Å²) in [5.41, 5.74) is 3.51. The molecule has 0 aromatic heterocycles. The minimum atomic E-state index is -0.125. The molecule has 3 aromatic carbocycles. The third-order valence-corrected chi connectivity index (χ3v) is 4.21. The van der Waals surface area contributed by atoms with Gasteiger partial charge in [0.2, 0.25) is 0 Å². The number of phenols is 2. The average molecular weight is 353 g/mol. The molecule has 3 rings (SSSR count). The van der Waals surface area contributed by atoms with Gasteiger partial charge >= 0.3 is 0 Å². The highest BCUT2D eigenvalue weighted by Crippen LogP contribution is 2.30. The summed E-state index contributed by atoms with van der Waals surface area (Å²) in [6.07, 6.45) is 0.758. The van der Waals surface area contributed by atoms with Crippen LogP contribution >= 0.6 is 11.6 Å². The van der Waals surface area contributed by atoms with E-state index >= 15 is 0 Å². The van der Waals surface area contributed by atoms with Gasteiger partial charge in [-0.15, -0.1) is 11.6 Å². The standard InChI is InChI=1S/C21H17ClO3/c22-12-11-14-1-3-16(4-2-14)21(25)19-10-9-18(24)13-20(19)15-5-7-17(23)8-6-15/h1-10,13,23-24H,11-12H2. The van der Waals surface area contributed by atoms with Crippen LogP contribution in [0.1, 0.15) is 21.5 Å². The van der Waals surface area contributed by atoms with Gasteiger partial charge < -0.3 is 10.2 Å². The molecule has 0 amide bonds. The molecule has 4 heteroatoms. The van der Waals surface area contributed by atoms with Crippen molar-refractivity contribution in [3.05, 3.63) is 83.4 Å². The predicted octanol–water partition coefficient (Wildman–Crippen LogP) is 4.78. The Morgan fingerprint density at radius 2 is 1.48 bits per heavy atom. The summed E-state index contributed by atoms with van der Waals surface area (Å²) in [6, 6.07) is 18.6. The molecule has 0 spiro atoms. The van der Waals surface area contributed by atoms with Crippen LogP contribution in [0.5, 0.6) is 11.5 Å². The van der Waals surface area contributed by atoms with Gasteiger partial charge in [-0.3, -0.25) is 4.79 Å². The molecule has 126 valence electrons. The zero-order valence-corrected chi connectivity index (χ0v) is 14.2. The van der Waals surface area contributed by atoms with Gasteiger partial charge in [-0.05, 0) is 53.4 Å². The molecule has 0 aliphatic heterocycles. The van der Waals surface area contributed by atoms with E-state index in [9.17, 15) is 15.0 Å². The third kappa shape index (κ3) is 3.83. The van der Waals surface area contributed by atoms with Crippen LogP contribution in [0.4, 0.5) is 0 Å². The summed E-state index contributed by atoms with van der Waals surface area (Å²) in [5.74, 6) is 0.639. The van der Waals surface area contributed by atoms with Crippen LogP contribution in [0.3, 0.4) is 0 Å². The van der Waals surface area contributed by atoms with Crippen molar-refractivity contribution in [1.29, 1.82) is 0 Å². The van der Waals surface area contributed by atoms with Gasteiger partial charge in [-0.2, -0.15) is 0 Å². The van der Waals surface area contributed by atoms with Crippen molar-refractivity contribution in [1.82, 2.24) is 0 Å². The van der Waals surface area contributed by atoms with Crippen LogP contribution in [0, 0.1) is 0 Å². The minimum absolute atomic E-state index is 0.0806. The van der Waals surface area contributed by atoms with Crippen molar-refractivity contribution in [2.75, 3.05) is 5.88 Å². The largest absolute Gasteiger partial charge is 0.508 e. The molecule has 25 heavy (non-hydrogen) atoms. The fourth-order valence-electron chi connectivity index (χ4n) is 2.70. The van der Waals surface area contributed by atoms with Crippen LogP contribution < -0.4 is 0 Å². The maximum absolute atomic E-state index is 12.9. The highest BCUT2D eigenvalue weighted by molar-refractivity contribution is 6.18. The first kappa shape index (κ1) is 17.1. The summed E-state index contributed by atoms with van der Waals surface area (Å²) < 4.78 is 0. The van der Waals surface area contributed by atoms with Crippen LogP contribution in [0.25, 0.3) is 11.1 Å². The van der Waals surface area contributed by atoms with Crippen molar-refractivity contribution in [3.8, 4) is 22.6 Å². The number of halogens is 1. The predicted molar refractivity (Wildman–Crippen MR) is 99.5 cm³/mol. The van der Waals surface area contributed by atoms with E-state index in [1.807, 2.05) is 12.1 Å². The molecular weight excluding hydrogens is 336 g/mol. The number of carbonyl (C=O) groups is 1. The van der Waals surface area contributed by atoms with Gasteiger partial charge in [0.25, 0.3) is 0 Å². The monoisotopic (exact) mass is 352 g/mol. The summed E-state index contributed by atoms with van der Waals surface area (Å²) in [4.78, 5) is 12.9. The molecule has 0 fully saturated rings. The Balaban J connectivity index is 2.01. The molecule has 0 radical (unpaired) electrons. The van der Waals surface area contributed by atoms with E-state index in [0.717, 1.165) is 17.5 Å². The molecular formula is C21H17ClO3. The summed E-state index contributed by atoms with van der Waals surface area (Å²) in [6.45, 7) is 0. The van der Waals surface area contributed by atoms with Gasteiger partial charge in [-0.1, -0.05) is 36.4 Å². The molecule has 0 heterocycles. The van der Waals surface area contributed by atoms with E-state index < -0.39 is 0 Å². The molecule has 0 bridgehead atoms. The zero-order valence-electron chi connectivity index (χ0n) is 13.4. The number of alkyl halides is 1. The maximum Gasteiger partial charge on any atom is 0.193 e. The van der Waals surface area contributed by atoms with E-state index in [0.29, 0.717) is 22.6 Å². The fourth-order valence-corrected chi connectivity index (χ4v) is 2.92. The quantitative estimate of drug-likeness (QED) is 0.513. The normalized spacial score (nSPS) is 10.6. The first-order chi connectivity index (χ1) is 12.1. The van der Waals surface area contributed by atoms with Gasteiger partial charge in [0.05, 0.1) is 0 Å². The Hall–Kier alpha value is -2.78. The SMILES string of the molecule is O=C(c1ccc(CCCl)cc1)c1ccc(O)cc1-c1ccc(O)cc1. The molecule has 0 saturated carbocycles. The molecule has 0 aliphatic carbocycles. The highest BCUT2D eigenvalue weighted by atomic mass is 35.5. The van der Waals surface area contributed by atoms with Crippen molar-refractivity contribution in [2.45, 2.75) is 6.42 Å².